The van der Waals surface area contributed by atoms with Gasteiger partial charge in [0.25, 0.3) is 5.91 Å². The second-order valence-electron chi connectivity index (χ2n) is 6.66. The van der Waals surface area contributed by atoms with Gasteiger partial charge in [0.2, 0.25) is 0 Å². The molecule has 0 radical (unpaired) electrons. The molecule has 5 heteroatoms. The third-order valence-electron chi connectivity index (χ3n) is 4.68. The van der Waals surface area contributed by atoms with Crippen LogP contribution in [-0.2, 0) is 6.54 Å². The van der Waals surface area contributed by atoms with Gasteiger partial charge in [-0.2, -0.15) is 0 Å². The molecule has 0 atom stereocenters. The predicted molar refractivity (Wildman–Crippen MR) is 92.7 cm³/mol. The number of rotatable bonds is 4. The maximum Gasteiger partial charge on any atom is 0.270 e. The number of pyridine rings is 1. The average molecular weight is 320 g/mol. The van der Waals surface area contributed by atoms with Crippen LogP contribution in [0.1, 0.15) is 28.9 Å². The van der Waals surface area contributed by atoms with Crippen LogP contribution in [0, 0.1) is 12.8 Å². The third-order valence-corrected chi connectivity index (χ3v) is 4.68. The largest absolute Gasteiger partial charge is 0.348 e. The van der Waals surface area contributed by atoms with Gasteiger partial charge in [-0.15, -0.1) is 0 Å². The molecular weight excluding hydrogens is 300 g/mol. The zero-order valence-electron chi connectivity index (χ0n) is 13.6. The fourth-order valence-corrected chi connectivity index (χ4v) is 3.33. The maximum absolute atomic E-state index is 12.4. The molecule has 1 N–H and O–H groups in total. The Morgan fingerprint density at radius 1 is 1.29 bits per heavy atom. The van der Waals surface area contributed by atoms with E-state index in [2.05, 4.69) is 32.8 Å². The molecule has 0 saturated heterocycles. The smallest absolute Gasteiger partial charge is 0.270 e. The Morgan fingerprint density at radius 2 is 2.17 bits per heavy atom. The molecule has 122 valence electrons. The molecule has 5 nitrogen and oxygen atoms in total. The van der Waals surface area contributed by atoms with Crippen LogP contribution in [0.5, 0.6) is 0 Å². The van der Waals surface area contributed by atoms with E-state index in [0.29, 0.717) is 11.6 Å². The Morgan fingerprint density at radius 3 is 2.96 bits per heavy atom. The minimum Gasteiger partial charge on any atom is -0.348 e. The summed E-state index contributed by atoms with van der Waals surface area (Å²) in [5.74, 6) is 0.528. The third kappa shape index (κ3) is 3.02. The molecule has 1 amide bonds. The van der Waals surface area contributed by atoms with E-state index in [1.807, 2.05) is 30.7 Å². The number of hydrogen-bond donors (Lipinski definition) is 1. The summed E-state index contributed by atoms with van der Waals surface area (Å²) in [6, 6.07) is 10.1. The molecule has 1 aliphatic carbocycles. The number of aryl methyl sites for hydroxylation is 1. The molecule has 1 fully saturated rings. The van der Waals surface area contributed by atoms with Gasteiger partial charge in [-0.1, -0.05) is 17.7 Å². The van der Waals surface area contributed by atoms with E-state index in [1.165, 1.54) is 5.56 Å². The number of fused-ring (bicyclic) bond motifs is 1. The van der Waals surface area contributed by atoms with Crippen LogP contribution < -0.4 is 5.32 Å². The van der Waals surface area contributed by atoms with Gasteiger partial charge in [-0.05, 0) is 43.9 Å². The molecular formula is C19H20N4O. The summed E-state index contributed by atoms with van der Waals surface area (Å²) in [4.78, 5) is 20.9. The van der Waals surface area contributed by atoms with Gasteiger partial charge >= 0.3 is 0 Å². The fourth-order valence-electron chi connectivity index (χ4n) is 3.33. The predicted octanol–water partition coefficient (Wildman–Crippen LogP) is 2.95. The van der Waals surface area contributed by atoms with Gasteiger partial charge in [-0.3, -0.25) is 4.79 Å². The molecule has 24 heavy (non-hydrogen) atoms. The summed E-state index contributed by atoms with van der Waals surface area (Å²) in [6.45, 7) is 3.02. The molecule has 1 saturated carbocycles. The summed E-state index contributed by atoms with van der Waals surface area (Å²) in [5, 5.41) is 4.16. The Bertz CT molecular complexity index is 866. The van der Waals surface area contributed by atoms with Crippen LogP contribution in [0.25, 0.3) is 10.9 Å². The minimum atomic E-state index is -0.0800. The number of amides is 1. The van der Waals surface area contributed by atoms with Gasteiger partial charge in [0, 0.05) is 30.4 Å². The van der Waals surface area contributed by atoms with Crippen molar-refractivity contribution in [3.05, 3.63) is 60.3 Å². The van der Waals surface area contributed by atoms with E-state index in [9.17, 15) is 4.79 Å². The molecule has 2 aromatic heterocycles. The van der Waals surface area contributed by atoms with E-state index in [4.69, 9.17) is 0 Å². The summed E-state index contributed by atoms with van der Waals surface area (Å²) in [5.41, 5.74) is 2.55. The zero-order chi connectivity index (χ0) is 16.5. The summed E-state index contributed by atoms with van der Waals surface area (Å²) < 4.78 is 2.09. The number of aromatic nitrogens is 3. The molecule has 1 aliphatic rings. The lowest BCUT2D eigenvalue weighted by Crippen LogP contribution is -2.45. The molecule has 0 aliphatic heterocycles. The Balaban J connectivity index is 1.36. The number of carbonyl (C=O) groups is 1. The van der Waals surface area contributed by atoms with Gasteiger partial charge in [0.05, 0.1) is 11.8 Å². The molecule has 2 heterocycles. The van der Waals surface area contributed by atoms with Gasteiger partial charge in [0.1, 0.15) is 5.69 Å². The molecule has 4 rings (SSSR count). The first-order valence-corrected chi connectivity index (χ1v) is 8.31. The van der Waals surface area contributed by atoms with Crippen LogP contribution in [0.3, 0.4) is 0 Å². The summed E-state index contributed by atoms with van der Waals surface area (Å²) >= 11 is 0. The van der Waals surface area contributed by atoms with Crippen LogP contribution in [-0.4, -0.2) is 26.5 Å². The van der Waals surface area contributed by atoms with Crippen molar-refractivity contribution < 1.29 is 4.79 Å². The van der Waals surface area contributed by atoms with Crippen molar-refractivity contribution in [3.63, 3.8) is 0 Å². The molecule has 0 unspecified atom stereocenters. The highest BCUT2D eigenvalue weighted by Crippen LogP contribution is 2.29. The van der Waals surface area contributed by atoms with Crippen LogP contribution >= 0.6 is 0 Å². The Kier molecular flexibility index (Phi) is 3.76. The Hall–Kier alpha value is -2.69. The lowest BCUT2D eigenvalue weighted by molar-refractivity contribution is 0.0877. The van der Waals surface area contributed by atoms with E-state index < -0.39 is 0 Å². The second-order valence-corrected chi connectivity index (χ2v) is 6.66. The normalized spacial score (nSPS) is 19.9. The number of nitrogens with one attached hydrogen (secondary N) is 1. The number of nitrogens with zero attached hydrogens (tertiary/aromatic N) is 3. The summed E-state index contributed by atoms with van der Waals surface area (Å²) in [7, 11) is 0. The van der Waals surface area contributed by atoms with Gasteiger partial charge in [-0.25, -0.2) is 9.97 Å². The first kappa shape index (κ1) is 14.9. The van der Waals surface area contributed by atoms with Crippen molar-refractivity contribution in [1.29, 1.82) is 0 Å². The lowest BCUT2D eigenvalue weighted by atomic mass is 9.80. The van der Waals surface area contributed by atoms with Crippen molar-refractivity contribution in [2.45, 2.75) is 32.4 Å². The molecule has 1 aromatic carbocycles. The lowest BCUT2D eigenvalue weighted by Gasteiger charge is -2.35. The van der Waals surface area contributed by atoms with E-state index in [-0.39, 0.29) is 11.9 Å². The molecule has 3 aromatic rings. The van der Waals surface area contributed by atoms with Gasteiger partial charge in [0.15, 0.2) is 0 Å². The van der Waals surface area contributed by atoms with E-state index >= 15 is 0 Å². The minimum absolute atomic E-state index is 0.0800. The quantitative estimate of drug-likeness (QED) is 0.804. The summed E-state index contributed by atoms with van der Waals surface area (Å²) in [6.07, 6.45) is 7.64. The number of carbonyl (C=O) groups excluding carboxylic acids is 1. The van der Waals surface area contributed by atoms with Crippen molar-refractivity contribution in [2.24, 2.45) is 5.92 Å². The Labute approximate surface area is 140 Å². The van der Waals surface area contributed by atoms with Crippen molar-refractivity contribution >= 4 is 16.8 Å². The number of imidazole rings is 1. The monoisotopic (exact) mass is 320 g/mol. The van der Waals surface area contributed by atoms with Crippen molar-refractivity contribution in [3.8, 4) is 0 Å². The molecule has 0 spiro atoms. The highest BCUT2D eigenvalue weighted by Gasteiger charge is 2.30. The maximum atomic E-state index is 12.4. The first-order valence-electron chi connectivity index (χ1n) is 8.31. The van der Waals surface area contributed by atoms with Crippen molar-refractivity contribution in [2.75, 3.05) is 0 Å². The molecule has 0 bridgehead atoms. The highest BCUT2D eigenvalue weighted by molar-refractivity contribution is 5.95. The fraction of sp³-hybridized carbons (Fsp3) is 0.316. The first-order chi connectivity index (χ1) is 11.7. The van der Waals surface area contributed by atoms with Gasteiger partial charge < -0.3 is 9.88 Å². The second kappa shape index (κ2) is 6.07. The number of benzene rings is 1. The SMILES string of the molecule is Cc1ccc2nc(C(=O)NC3CC(Cn4ccnc4)C3)ccc2c1. The average Bonchev–Trinajstić information content (AvgIpc) is 3.05. The number of hydrogen-bond acceptors (Lipinski definition) is 3. The van der Waals surface area contributed by atoms with E-state index in [0.717, 1.165) is 30.3 Å². The topological polar surface area (TPSA) is 59.8 Å². The van der Waals surface area contributed by atoms with Crippen LogP contribution in [0.15, 0.2) is 49.1 Å². The van der Waals surface area contributed by atoms with Crippen molar-refractivity contribution in [1.82, 2.24) is 19.9 Å². The standard InChI is InChI=1S/C19H20N4O/c1-13-2-4-17-15(8-13)3-5-18(22-17)19(24)21-16-9-14(10-16)11-23-7-6-20-12-23/h2-8,12,14,16H,9-11H2,1H3,(H,21,24). The van der Waals surface area contributed by atoms with Crippen LogP contribution in [0.2, 0.25) is 0 Å². The van der Waals surface area contributed by atoms with E-state index in [1.54, 1.807) is 12.3 Å². The van der Waals surface area contributed by atoms with Crippen LogP contribution in [0.4, 0.5) is 0 Å². The zero-order valence-corrected chi connectivity index (χ0v) is 13.6. The highest BCUT2D eigenvalue weighted by atomic mass is 16.1.